The van der Waals surface area contributed by atoms with Gasteiger partial charge >= 0.3 is 0 Å². The Hall–Kier alpha value is -1.92. The van der Waals surface area contributed by atoms with Crippen molar-refractivity contribution >= 4 is 40.6 Å². The topological polar surface area (TPSA) is 37.6 Å². The summed E-state index contributed by atoms with van der Waals surface area (Å²) in [6.07, 6.45) is 4.82. The molecule has 25 heavy (non-hydrogen) atoms. The second kappa shape index (κ2) is 7.14. The van der Waals surface area contributed by atoms with Gasteiger partial charge in [0.05, 0.1) is 23.2 Å². The number of pyridine rings is 1. The van der Waals surface area contributed by atoms with Gasteiger partial charge in [0.2, 0.25) is 5.91 Å². The van der Waals surface area contributed by atoms with E-state index in [2.05, 4.69) is 18.0 Å². The van der Waals surface area contributed by atoms with Crippen molar-refractivity contribution in [3.63, 3.8) is 0 Å². The number of carbonyl (C=O) groups excluding carboxylic acids is 1. The van der Waals surface area contributed by atoms with E-state index in [1.165, 1.54) is 16.7 Å². The molecule has 0 radical (unpaired) electrons. The number of hydrogen-bond donors (Lipinski definition) is 0. The highest BCUT2D eigenvalue weighted by Gasteiger charge is 2.24. The molecule has 0 saturated heterocycles. The molecule has 4 rings (SSSR count). The van der Waals surface area contributed by atoms with Crippen molar-refractivity contribution in [2.75, 3.05) is 17.2 Å². The van der Waals surface area contributed by atoms with Gasteiger partial charge in [0.1, 0.15) is 0 Å². The molecule has 4 nitrogen and oxygen atoms in total. The number of aromatic nitrogens is 2. The first kappa shape index (κ1) is 16.5. The molecule has 1 atom stereocenters. The van der Waals surface area contributed by atoms with Crippen LogP contribution >= 0.6 is 23.5 Å². The fourth-order valence-electron chi connectivity index (χ4n) is 2.98. The average molecular weight is 370 g/mol. The van der Waals surface area contributed by atoms with Crippen LogP contribution in [0.2, 0.25) is 0 Å². The lowest BCUT2D eigenvalue weighted by atomic mass is 10.2. The number of amides is 1. The van der Waals surface area contributed by atoms with Gasteiger partial charge in [0, 0.05) is 22.9 Å². The zero-order valence-electron chi connectivity index (χ0n) is 14.0. The molecule has 3 aromatic rings. The van der Waals surface area contributed by atoms with Gasteiger partial charge in [0.15, 0.2) is 5.16 Å². The third-order valence-corrected chi connectivity index (χ3v) is 6.46. The maximum absolute atomic E-state index is 12.9. The molecule has 0 aliphatic carbocycles. The number of hydrogen-bond acceptors (Lipinski definition) is 4. The zero-order valence-corrected chi connectivity index (χ0v) is 15.6. The molecule has 2 aromatic heterocycles. The fourth-order valence-corrected chi connectivity index (χ4v) is 4.93. The summed E-state index contributed by atoms with van der Waals surface area (Å²) in [7, 11) is 0. The molecule has 0 fully saturated rings. The van der Waals surface area contributed by atoms with Gasteiger partial charge in [-0.1, -0.05) is 36.9 Å². The van der Waals surface area contributed by atoms with Crippen LogP contribution in [0, 0.1) is 0 Å². The third-order valence-electron chi connectivity index (χ3n) is 4.27. The molecule has 128 valence electrons. The van der Waals surface area contributed by atoms with Crippen LogP contribution in [-0.2, 0) is 4.79 Å². The van der Waals surface area contributed by atoms with E-state index in [1.807, 2.05) is 69.9 Å². The standard InChI is InChI=1S/C19H19N3OS2/c1-14-9-11-22(16-7-2-3-8-17(16)25-14)18(23)13-24-19-20-12-15-6-4-5-10-21(15)19/h2-8,10,12,14H,9,11,13H2,1H3. The lowest BCUT2D eigenvalue weighted by Gasteiger charge is -2.22. The number of imidazole rings is 1. The quantitative estimate of drug-likeness (QED) is 0.644. The van der Waals surface area contributed by atoms with Gasteiger partial charge in [0.25, 0.3) is 0 Å². The Morgan fingerprint density at radius 3 is 3.04 bits per heavy atom. The number of carbonyl (C=O) groups is 1. The summed E-state index contributed by atoms with van der Waals surface area (Å²) in [6, 6.07) is 14.2. The van der Waals surface area contributed by atoms with Crippen LogP contribution in [0.15, 0.2) is 64.9 Å². The second-order valence-electron chi connectivity index (χ2n) is 6.06. The van der Waals surface area contributed by atoms with E-state index in [-0.39, 0.29) is 5.91 Å². The van der Waals surface area contributed by atoms with Gasteiger partial charge in [-0.2, -0.15) is 0 Å². The smallest absolute Gasteiger partial charge is 0.237 e. The predicted molar refractivity (Wildman–Crippen MR) is 105 cm³/mol. The second-order valence-corrected chi connectivity index (χ2v) is 8.48. The Balaban J connectivity index is 1.53. The summed E-state index contributed by atoms with van der Waals surface area (Å²) in [6.45, 7) is 2.99. The van der Waals surface area contributed by atoms with Crippen molar-refractivity contribution in [3.8, 4) is 0 Å². The van der Waals surface area contributed by atoms with Gasteiger partial charge in [-0.25, -0.2) is 4.98 Å². The van der Waals surface area contributed by atoms with E-state index in [0.29, 0.717) is 11.0 Å². The molecule has 0 N–H and O–H groups in total. The molecule has 1 aliphatic rings. The fraction of sp³-hybridized carbons (Fsp3) is 0.263. The SMILES string of the molecule is CC1CCN(C(=O)CSc2ncc3ccccn23)c2ccccc2S1. The zero-order chi connectivity index (χ0) is 17.2. The molecule has 1 aromatic carbocycles. The lowest BCUT2D eigenvalue weighted by molar-refractivity contribution is -0.116. The number of nitrogens with zero attached hydrogens (tertiary/aromatic N) is 3. The largest absolute Gasteiger partial charge is 0.311 e. The van der Waals surface area contributed by atoms with Crippen LogP contribution < -0.4 is 4.90 Å². The number of benzene rings is 1. The van der Waals surface area contributed by atoms with Crippen LogP contribution in [0.5, 0.6) is 0 Å². The molecule has 0 saturated carbocycles. The van der Waals surface area contributed by atoms with Crippen molar-refractivity contribution in [3.05, 3.63) is 54.9 Å². The molecular weight excluding hydrogens is 350 g/mol. The Labute approximate surface area is 155 Å². The van der Waals surface area contributed by atoms with Crippen LogP contribution in [0.4, 0.5) is 5.69 Å². The van der Waals surface area contributed by atoms with E-state index < -0.39 is 0 Å². The molecule has 0 bridgehead atoms. The highest BCUT2D eigenvalue weighted by Crippen LogP contribution is 2.37. The van der Waals surface area contributed by atoms with E-state index in [0.717, 1.165) is 29.3 Å². The Morgan fingerprint density at radius 1 is 1.28 bits per heavy atom. The molecule has 0 spiro atoms. The van der Waals surface area contributed by atoms with Gasteiger partial charge in [-0.3, -0.25) is 9.20 Å². The minimum Gasteiger partial charge on any atom is -0.311 e. The molecular formula is C19H19N3OS2. The summed E-state index contributed by atoms with van der Waals surface area (Å²) >= 11 is 3.35. The maximum atomic E-state index is 12.9. The van der Waals surface area contributed by atoms with Crippen molar-refractivity contribution in [2.45, 2.75) is 28.6 Å². The Morgan fingerprint density at radius 2 is 2.12 bits per heavy atom. The molecule has 1 unspecified atom stereocenters. The first-order chi connectivity index (χ1) is 12.2. The van der Waals surface area contributed by atoms with Gasteiger partial charge in [-0.15, -0.1) is 11.8 Å². The summed E-state index contributed by atoms with van der Waals surface area (Å²) in [5, 5.41) is 1.37. The highest BCUT2D eigenvalue weighted by molar-refractivity contribution is 8.00. The lowest BCUT2D eigenvalue weighted by Crippen LogP contribution is -2.33. The minimum absolute atomic E-state index is 0.139. The monoisotopic (exact) mass is 369 g/mol. The van der Waals surface area contributed by atoms with Crippen molar-refractivity contribution in [1.82, 2.24) is 9.38 Å². The first-order valence-electron chi connectivity index (χ1n) is 8.33. The summed E-state index contributed by atoms with van der Waals surface area (Å²) in [5.41, 5.74) is 2.08. The van der Waals surface area contributed by atoms with E-state index >= 15 is 0 Å². The number of para-hydroxylation sites is 1. The van der Waals surface area contributed by atoms with Gasteiger partial charge < -0.3 is 4.90 Å². The van der Waals surface area contributed by atoms with E-state index in [4.69, 9.17) is 0 Å². The Kier molecular flexibility index (Phi) is 4.72. The number of rotatable bonds is 3. The first-order valence-corrected chi connectivity index (χ1v) is 10.2. The summed E-state index contributed by atoms with van der Waals surface area (Å²) in [5.74, 6) is 0.529. The third kappa shape index (κ3) is 3.41. The molecule has 1 aliphatic heterocycles. The van der Waals surface area contributed by atoms with Crippen LogP contribution in [0.1, 0.15) is 13.3 Å². The summed E-state index contributed by atoms with van der Waals surface area (Å²) < 4.78 is 2.02. The number of fused-ring (bicyclic) bond motifs is 2. The Bertz CT molecular complexity index is 908. The average Bonchev–Trinajstić information content (AvgIpc) is 2.96. The highest BCUT2D eigenvalue weighted by atomic mass is 32.2. The van der Waals surface area contributed by atoms with E-state index in [9.17, 15) is 4.79 Å². The maximum Gasteiger partial charge on any atom is 0.237 e. The van der Waals surface area contributed by atoms with Crippen molar-refractivity contribution < 1.29 is 4.79 Å². The van der Waals surface area contributed by atoms with Crippen LogP contribution in [-0.4, -0.2) is 32.8 Å². The van der Waals surface area contributed by atoms with Crippen LogP contribution in [0.25, 0.3) is 5.52 Å². The van der Waals surface area contributed by atoms with Gasteiger partial charge in [-0.05, 0) is 30.7 Å². The summed E-state index contributed by atoms with van der Waals surface area (Å²) in [4.78, 5) is 20.5. The van der Waals surface area contributed by atoms with Crippen molar-refractivity contribution in [2.24, 2.45) is 0 Å². The van der Waals surface area contributed by atoms with Crippen LogP contribution in [0.3, 0.4) is 0 Å². The number of thioether (sulfide) groups is 2. The normalized spacial score (nSPS) is 17.3. The minimum atomic E-state index is 0.139. The molecule has 3 heterocycles. The number of anilines is 1. The van der Waals surface area contributed by atoms with Crippen molar-refractivity contribution in [1.29, 1.82) is 0 Å². The predicted octanol–water partition coefficient (Wildman–Crippen LogP) is 4.34. The van der Waals surface area contributed by atoms with E-state index in [1.54, 1.807) is 0 Å². The molecule has 1 amide bonds. The molecule has 6 heteroatoms.